The first kappa shape index (κ1) is 37.9. The van der Waals surface area contributed by atoms with E-state index in [1.165, 1.54) is 11.1 Å². The zero-order chi connectivity index (χ0) is 37.0. The molecular weight excluding hydrogens is 681 g/mol. The minimum atomic E-state index is -4.00. The SMILES string of the molecule is CCCCN(Cc1ccccc1)Cc1ccc(CC(NC(=O)CC(NS(=O)(=O)c2ccc3ccccc3c2)c2ccccc2)C(=O)N2CCCC2)cc1. The first-order valence-electron chi connectivity index (χ1n) is 18.8. The molecule has 1 aliphatic heterocycles. The van der Waals surface area contributed by atoms with Gasteiger partial charge in [-0.15, -0.1) is 0 Å². The fourth-order valence-corrected chi connectivity index (χ4v) is 8.27. The number of sulfonamides is 1. The Morgan fingerprint density at radius 1 is 0.736 bits per heavy atom. The van der Waals surface area contributed by atoms with Crippen LogP contribution in [0.5, 0.6) is 0 Å². The molecule has 8 nitrogen and oxygen atoms in total. The van der Waals surface area contributed by atoms with Crippen LogP contribution in [-0.2, 0) is 39.1 Å². The predicted molar refractivity (Wildman–Crippen MR) is 211 cm³/mol. The van der Waals surface area contributed by atoms with Crippen molar-refractivity contribution in [1.82, 2.24) is 19.8 Å². The average molecular weight is 731 g/mol. The summed E-state index contributed by atoms with van der Waals surface area (Å²) in [4.78, 5) is 32.1. The molecule has 1 heterocycles. The van der Waals surface area contributed by atoms with Crippen molar-refractivity contribution in [1.29, 1.82) is 0 Å². The van der Waals surface area contributed by atoms with E-state index in [2.05, 4.69) is 70.4 Å². The largest absolute Gasteiger partial charge is 0.344 e. The molecule has 5 aromatic carbocycles. The first-order chi connectivity index (χ1) is 25.8. The van der Waals surface area contributed by atoms with Gasteiger partial charge in [0.15, 0.2) is 0 Å². The van der Waals surface area contributed by atoms with Crippen LogP contribution in [-0.4, -0.2) is 55.7 Å². The molecule has 1 fully saturated rings. The molecule has 2 unspecified atom stereocenters. The molecule has 53 heavy (non-hydrogen) atoms. The van der Waals surface area contributed by atoms with Gasteiger partial charge in [-0.25, -0.2) is 13.1 Å². The second-order valence-electron chi connectivity index (χ2n) is 14.0. The number of carbonyl (C=O) groups is 2. The second kappa shape index (κ2) is 18.3. The molecule has 5 aromatic rings. The van der Waals surface area contributed by atoms with Crippen molar-refractivity contribution in [2.24, 2.45) is 0 Å². The summed E-state index contributed by atoms with van der Waals surface area (Å²) in [5.74, 6) is -0.511. The Morgan fingerprint density at radius 3 is 2.02 bits per heavy atom. The maximum absolute atomic E-state index is 13.8. The normalized spacial score (nSPS) is 14.3. The molecular formula is C44H50N4O4S. The zero-order valence-corrected chi connectivity index (χ0v) is 31.3. The highest BCUT2D eigenvalue weighted by Crippen LogP contribution is 2.24. The van der Waals surface area contributed by atoms with Gasteiger partial charge in [-0.3, -0.25) is 14.5 Å². The Kier molecular flexibility index (Phi) is 13.1. The number of hydrogen-bond donors (Lipinski definition) is 2. The topological polar surface area (TPSA) is 98.8 Å². The Hall–Kier alpha value is -4.83. The fourth-order valence-electron chi connectivity index (χ4n) is 7.01. The smallest absolute Gasteiger partial charge is 0.245 e. The number of likely N-dealkylation sites (tertiary alicyclic amines) is 1. The summed E-state index contributed by atoms with van der Waals surface area (Å²) >= 11 is 0. The summed E-state index contributed by atoms with van der Waals surface area (Å²) in [5, 5.41) is 4.76. The molecule has 276 valence electrons. The third-order valence-electron chi connectivity index (χ3n) is 9.92. The Labute approximate surface area is 314 Å². The summed E-state index contributed by atoms with van der Waals surface area (Å²) < 4.78 is 30.2. The molecule has 2 N–H and O–H groups in total. The number of carbonyl (C=O) groups excluding carboxylic acids is 2. The van der Waals surface area contributed by atoms with Gasteiger partial charge in [0.05, 0.1) is 10.9 Å². The molecule has 0 spiro atoms. The van der Waals surface area contributed by atoms with E-state index in [9.17, 15) is 18.0 Å². The van der Waals surface area contributed by atoms with Crippen molar-refractivity contribution in [3.8, 4) is 0 Å². The quantitative estimate of drug-likeness (QED) is 0.104. The number of benzene rings is 5. The van der Waals surface area contributed by atoms with Gasteiger partial charge >= 0.3 is 0 Å². The van der Waals surface area contributed by atoms with Crippen LogP contribution in [0.2, 0.25) is 0 Å². The van der Waals surface area contributed by atoms with Gasteiger partial charge in [0.1, 0.15) is 6.04 Å². The molecule has 6 rings (SSSR count). The van der Waals surface area contributed by atoms with Gasteiger partial charge < -0.3 is 10.2 Å². The van der Waals surface area contributed by atoms with Crippen LogP contribution in [0, 0.1) is 0 Å². The third-order valence-corrected chi connectivity index (χ3v) is 11.4. The molecule has 9 heteroatoms. The summed E-state index contributed by atoms with van der Waals surface area (Å²) in [6.07, 6.45) is 4.29. The molecule has 2 atom stereocenters. The summed E-state index contributed by atoms with van der Waals surface area (Å²) in [5.41, 5.74) is 4.09. The van der Waals surface area contributed by atoms with Crippen LogP contribution in [0.4, 0.5) is 0 Å². The van der Waals surface area contributed by atoms with Crippen LogP contribution < -0.4 is 10.0 Å². The van der Waals surface area contributed by atoms with Crippen molar-refractivity contribution in [3.63, 3.8) is 0 Å². The highest BCUT2D eigenvalue weighted by atomic mass is 32.2. The van der Waals surface area contributed by atoms with Crippen LogP contribution in [0.1, 0.15) is 67.3 Å². The number of hydrogen-bond acceptors (Lipinski definition) is 5. The van der Waals surface area contributed by atoms with E-state index in [1.807, 2.05) is 53.4 Å². The van der Waals surface area contributed by atoms with E-state index >= 15 is 0 Å². The van der Waals surface area contributed by atoms with Crippen molar-refractivity contribution in [2.45, 2.75) is 75.5 Å². The lowest BCUT2D eigenvalue weighted by atomic mass is 10.0. The van der Waals surface area contributed by atoms with Gasteiger partial charge in [-0.2, -0.15) is 0 Å². The molecule has 0 aliphatic carbocycles. The van der Waals surface area contributed by atoms with Gasteiger partial charge in [-0.05, 0) is 71.0 Å². The van der Waals surface area contributed by atoms with Gasteiger partial charge in [-0.1, -0.05) is 129 Å². The predicted octanol–water partition coefficient (Wildman–Crippen LogP) is 7.40. The standard InChI is InChI=1S/C44H50N4O4S/c1-2-3-26-47(32-35-14-6-4-7-15-35)33-36-22-20-34(21-23-36)29-42(44(50)48-27-12-13-28-48)45-43(49)31-41(38-17-8-5-9-18-38)46-53(51,52)40-25-24-37-16-10-11-19-39(37)30-40/h4-11,14-25,30,41-42,46H,2-3,12-13,26-29,31-33H2,1H3,(H,45,49). The molecule has 0 aromatic heterocycles. The number of nitrogens with one attached hydrogen (secondary N) is 2. The average Bonchev–Trinajstić information content (AvgIpc) is 3.73. The monoisotopic (exact) mass is 730 g/mol. The fraction of sp³-hybridized carbons (Fsp3) is 0.318. The zero-order valence-electron chi connectivity index (χ0n) is 30.5. The minimum Gasteiger partial charge on any atom is -0.344 e. The van der Waals surface area contributed by atoms with E-state index in [-0.39, 0.29) is 17.2 Å². The van der Waals surface area contributed by atoms with Crippen molar-refractivity contribution >= 4 is 32.6 Å². The maximum atomic E-state index is 13.8. The van der Waals surface area contributed by atoms with Crippen molar-refractivity contribution in [3.05, 3.63) is 150 Å². The summed E-state index contributed by atoms with van der Waals surface area (Å²) in [7, 11) is -4.00. The lowest BCUT2D eigenvalue weighted by Crippen LogP contribution is -2.49. The van der Waals surface area contributed by atoms with E-state index in [0.29, 0.717) is 25.1 Å². The van der Waals surface area contributed by atoms with Gasteiger partial charge in [0.2, 0.25) is 21.8 Å². The molecule has 2 amide bonds. The van der Waals surface area contributed by atoms with Crippen molar-refractivity contribution in [2.75, 3.05) is 19.6 Å². The highest BCUT2D eigenvalue weighted by Gasteiger charge is 2.30. The second-order valence-corrected chi connectivity index (χ2v) is 15.7. The summed E-state index contributed by atoms with van der Waals surface area (Å²) in [6, 6.07) is 38.9. The molecule has 0 bridgehead atoms. The van der Waals surface area contributed by atoms with Crippen LogP contribution >= 0.6 is 0 Å². The van der Waals surface area contributed by atoms with Crippen LogP contribution in [0.15, 0.2) is 132 Å². The van der Waals surface area contributed by atoms with Gasteiger partial charge in [0.25, 0.3) is 0 Å². The number of amides is 2. The number of unbranched alkanes of at least 4 members (excludes halogenated alkanes) is 1. The van der Waals surface area contributed by atoms with Crippen molar-refractivity contribution < 1.29 is 18.0 Å². The third kappa shape index (κ3) is 10.6. The van der Waals surface area contributed by atoms with Crippen LogP contribution in [0.3, 0.4) is 0 Å². The van der Waals surface area contributed by atoms with E-state index in [0.717, 1.165) is 61.7 Å². The Morgan fingerprint density at radius 2 is 1.34 bits per heavy atom. The number of nitrogens with zero attached hydrogens (tertiary/aromatic N) is 2. The van der Waals surface area contributed by atoms with Gasteiger partial charge in [0, 0.05) is 39.0 Å². The highest BCUT2D eigenvalue weighted by molar-refractivity contribution is 7.89. The number of rotatable bonds is 17. The van der Waals surface area contributed by atoms with Crippen LogP contribution in [0.25, 0.3) is 10.8 Å². The molecule has 0 radical (unpaired) electrons. The first-order valence-corrected chi connectivity index (χ1v) is 20.2. The molecule has 1 aliphatic rings. The van der Waals surface area contributed by atoms with E-state index in [4.69, 9.17) is 0 Å². The minimum absolute atomic E-state index is 0.110. The maximum Gasteiger partial charge on any atom is 0.245 e. The summed E-state index contributed by atoms with van der Waals surface area (Å²) in [6.45, 7) is 6.24. The molecule has 0 saturated carbocycles. The van der Waals surface area contributed by atoms with E-state index in [1.54, 1.807) is 30.3 Å². The number of fused-ring (bicyclic) bond motifs is 1. The lowest BCUT2D eigenvalue weighted by Gasteiger charge is -2.26. The molecule has 1 saturated heterocycles. The Bertz CT molecular complexity index is 2050. The van der Waals surface area contributed by atoms with E-state index < -0.39 is 28.0 Å². The lowest BCUT2D eigenvalue weighted by molar-refractivity contribution is -0.135. The Balaban J connectivity index is 1.16.